The molecular weight excluding hydrogens is 480 g/mol. The Kier molecular flexibility index (Phi) is 11.2. The van der Waals surface area contributed by atoms with Crippen molar-refractivity contribution < 1.29 is 42.8 Å². The maximum atomic E-state index is 11.5. The summed E-state index contributed by atoms with van der Waals surface area (Å²) < 4.78 is 33.6. The molecule has 0 aliphatic heterocycles. The van der Waals surface area contributed by atoms with Gasteiger partial charge in [0.1, 0.15) is 43.9 Å². The minimum Gasteiger partial charge on any atom is -0.489 e. The fourth-order valence-electron chi connectivity index (χ4n) is 3.12. The highest BCUT2D eigenvalue weighted by Gasteiger charge is 2.20. The molecule has 0 heterocycles. The molecule has 0 spiro atoms. The molecule has 0 bridgehead atoms. The smallest absolute Gasteiger partial charge is 0.330 e. The number of rotatable bonds is 15. The van der Waals surface area contributed by atoms with Crippen molar-refractivity contribution in [3.63, 3.8) is 0 Å². The van der Waals surface area contributed by atoms with Crippen molar-refractivity contribution in [1.29, 1.82) is 0 Å². The maximum absolute atomic E-state index is 11.5. The standard InChI is InChI=1S/C28H32O9/c1-7-25(29)35-18(4)15-32-23-14-24(33-16-19(5)36-26(30)8-2)28(22-13-11-10-12-21(22)23)34-17-20(6)37-27(31)9-3/h7-14,18-20H,1-3,15-17H2,4-6H3. The van der Waals surface area contributed by atoms with E-state index in [1.807, 2.05) is 24.3 Å². The lowest BCUT2D eigenvalue weighted by Gasteiger charge is -2.21. The molecule has 0 N–H and O–H groups in total. The van der Waals surface area contributed by atoms with Gasteiger partial charge < -0.3 is 28.4 Å². The zero-order valence-corrected chi connectivity index (χ0v) is 21.3. The van der Waals surface area contributed by atoms with E-state index >= 15 is 0 Å². The second-order valence-corrected chi connectivity index (χ2v) is 8.04. The summed E-state index contributed by atoms with van der Waals surface area (Å²) in [5, 5.41) is 1.39. The van der Waals surface area contributed by atoms with Crippen LogP contribution in [-0.2, 0) is 28.6 Å². The monoisotopic (exact) mass is 512 g/mol. The van der Waals surface area contributed by atoms with E-state index in [9.17, 15) is 14.4 Å². The average molecular weight is 513 g/mol. The van der Waals surface area contributed by atoms with Crippen LogP contribution in [0.25, 0.3) is 10.8 Å². The van der Waals surface area contributed by atoms with E-state index in [4.69, 9.17) is 28.4 Å². The van der Waals surface area contributed by atoms with Crippen LogP contribution in [0, 0.1) is 0 Å². The lowest BCUT2D eigenvalue weighted by Crippen LogP contribution is -2.23. The normalized spacial score (nSPS) is 12.8. The van der Waals surface area contributed by atoms with Gasteiger partial charge in [-0.3, -0.25) is 0 Å². The number of carbonyl (C=O) groups excluding carboxylic acids is 3. The molecule has 9 nitrogen and oxygen atoms in total. The summed E-state index contributed by atoms with van der Waals surface area (Å²) >= 11 is 0. The zero-order chi connectivity index (χ0) is 27.4. The molecule has 198 valence electrons. The second-order valence-electron chi connectivity index (χ2n) is 8.04. The highest BCUT2D eigenvalue weighted by atomic mass is 16.6. The Morgan fingerprint density at radius 3 is 1.54 bits per heavy atom. The first-order chi connectivity index (χ1) is 17.7. The van der Waals surface area contributed by atoms with Gasteiger partial charge in [-0.25, -0.2) is 14.4 Å². The van der Waals surface area contributed by atoms with Gasteiger partial charge in [0.05, 0.1) is 0 Å². The largest absolute Gasteiger partial charge is 0.489 e. The van der Waals surface area contributed by atoms with Crippen molar-refractivity contribution in [1.82, 2.24) is 0 Å². The lowest BCUT2D eigenvalue weighted by molar-refractivity contribution is -0.144. The van der Waals surface area contributed by atoms with Gasteiger partial charge in [0.2, 0.25) is 0 Å². The summed E-state index contributed by atoms with van der Waals surface area (Å²) in [4.78, 5) is 34.6. The van der Waals surface area contributed by atoms with Crippen LogP contribution in [0.1, 0.15) is 20.8 Å². The van der Waals surface area contributed by atoms with Crippen LogP contribution in [0.2, 0.25) is 0 Å². The van der Waals surface area contributed by atoms with Gasteiger partial charge in [-0.15, -0.1) is 0 Å². The quantitative estimate of drug-likeness (QED) is 0.196. The Balaban J connectivity index is 2.37. The molecule has 0 aromatic heterocycles. The summed E-state index contributed by atoms with van der Waals surface area (Å²) in [6, 6.07) is 8.98. The summed E-state index contributed by atoms with van der Waals surface area (Å²) in [5.74, 6) is -0.531. The third-order valence-corrected chi connectivity index (χ3v) is 4.78. The average Bonchev–Trinajstić information content (AvgIpc) is 2.89. The highest BCUT2D eigenvalue weighted by molar-refractivity contribution is 5.95. The third kappa shape index (κ3) is 9.03. The first-order valence-electron chi connectivity index (χ1n) is 11.6. The Morgan fingerprint density at radius 1 is 0.676 bits per heavy atom. The van der Waals surface area contributed by atoms with E-state index in [0.29, 0.717) is 28.0 Å². The number of ether oxygens (including phenoxy) is 6. The minimum absolute atomic E-state index is 0.0159. The van der Waals surface area contributed by atoms with Crippen LogP contribution in [0.3, 0.4) is 0 Å². The molecule has 3 unspecified atom stereocenters. The van der Waals surface area contributed by atoms with Crippen LogP contribution in [0.5, 0.6) is 17.2 Å². The van der Waals surface area contributed by atoms with Gasteiger partial charge in [0, 0.05) is 35.1 Å². The first-order valence-corrected chi connectivity index (χ1v) is 11.6. The van der Waals surface area contributed by atoms with Gasteiger partial charge in [-0.2, -0.15) is 0 Å². The zero-order valence-electron chi connectivity index (χ0n) is 21.3. The molecule has 0 saturated carbocycles. The SMILES string of the molecule is C=CC(=O)OC(C)COc1cc(OCC(C)OC(=O)C=C)c2ccccc2c1OCC(C)OC(=O)C=C. The van der Waals surface area contributed by atoms with E-state index in [-0.39, 0.29) is 19.8 Å². The fraction of sp³-hybridized carbons (Fsp3) is 0.321. The Hall–Kier alpha value is -4.27. The number of carbonyl (C=O) groups is 3. The Morgan fingerprint density at radius 2 is 1.08 bits per heavy atom. The van der Waals surface area contributed by atoms with Crippen molar-refractivity contribution in [2.45, 2.75) is 39.1 Å². The van der Waals surface area contributed by atoms with Crippen LogP contribution in [0.15, 0.2) is 68.3 Å². The Labute approximate surface area is 216 Å². The van der Waals surface area contributed by atoms with Crippen molar-refractivity contribution in [2.24, 2.45) is 0 Å². The first kappa shape index (κ1) is 29.0. The lowest BCUT2D eigenvalue weighted by atomic mass is 10.1. The molecule has 2 rings (SSSR count). The molecule has 0 aliphatic rings. The summed E-state index contributed by atoms with van der Waals surface area (Å²) in [5.41, 5.74) is 0. The van der Waals surface area contributed by atoms with Crippen molar-refractivity contribution >= 4 is 28.7 Å². The number of fused-ring (bicyclic) bond motifs is 1. The predicted octanol–water partition coefficient (Wildman–Crippen LogP) is 4.33. The molecule has 2 aromatic carbocycles. The van der Waals surface area contributed by atoms with E-state index in [1.54, 1.807) is 26.8 Å². The molecule has 0 aliphatic carbocycles. The molecule has 3 atom stereocenters. The molecule has 2 aromatic rings. The number of hydrogen-bond donors (Lipinski definition) is 0. The topological polar surface area (TPSA) is 107 Å². The summed E-state index contributed by atoms with van der Waals surface area (Å²) in [6.07, 6.45) is 1.53. The third-order valence-electron chi connectivity index (χ3n) is 4.78. The van der Waals surface area contributed by atoms with Crippen LogP contribution >= 0.6 is 0 Å². The van der Waals surface area contributed by atoms with E-state index in [2.05, 4.69) is 19.7 Å². The number of benzene rings is 2. The summed E-state index contributed by atoms with van der Waals surface area (Å²) in [7, 11) is 0. The minimum atomic E-state index is -0.583. The molecule has 37 heavy (non-hydrogen) atoms. The van der Waals surface area contributed by atoms with Gasteiger partial charge >= 0.3 is 17.9 Å². The van der Waals surface area contributed by atoms with Gasteiger partial charge in [0.25, 0.3) is 0 Å². The van der Waals surface area contributed by atoms with Crippen molar-refractivity contribution in [3.05, 3.63) is 68.3 Å². The molecule has 0 saturated heterocycles. The van der Waals surface area contributed by atoms with Crippen molar-refractivity contribution in [3.8, 4) is 17.2 Å². The highest BCUT2D eigenvalue weighted by Crippen LogP contribution is 2.42. The second kappa shape index (κ2) is 14.3. The predicted molar refractivity (Wildman–Crippen MR) is 138 cm³/mol. The molecular formula is C28H32O9. The molecule has 0 fully saturated rings. The molecule has 0 amide bonds. The van der Waals surface area contributed by atoms with Gasteiger partial charge in [-0.1, -0.05) is 44.0 Å². The van der Waals surface area contributed by atoms with Gasteiger partial charge in [0.15, 0.2) is 11.5 Å². The van der Waals surface area contributed by atoms with E-state index in [1.165, 1.54) is 0 Å². The number of esters is 3. The van der Waals surface area contributed by atoms with Crippen molar-refractivity contribution in [2.75, 3.05) is 19.8 Å². The van der Waals surface area contributed by atoms with Crippen LogP contribution in [-0.4, -0.2) is 56.0 Å². The maximum Gasteiger partial charge on any atom is 0.330 e. The summed E-state index contributed by atoms with van der Waals surface area (Å²) in [6.45, 7) is 15.3. The number of hydrogen-bond acceptors (Lipinski definition) is 9. The molecule has 9 heteroatoms. The fourth-order valence-corrected chi connectivity index (χ4v) is 3.12. The molecule has 0 radical (unpaired) electrons. The van der Waals surface area contributed by atoms with E-state index < -0.39 is 36.2 Å². The van der Waals surface area contributed by atoms with Gasteiger partial charge in [-0.05, 0) is 20.8 Å². The van der Waals surface area contributed by atoms with Crippen LogP contribution in [0.4, 0.5) is 0 Å². The Bertz CT molecular complexity index is 1140. The van der Waals surface area contributed by atoms with Crippen LogP contribution < -0.4 is 14.2 Å². The van der Waals surface area contributed by atoms with E-state index in [0.717, 1.165) is 18.2 Å².